The number of hydrogen-bond donors (Lipinski definition) is 1. The predicted octanol–water partition coefficient (Wildman–Crippen LogP) is 0.911. The lowest BCUT2D eigenvalue weighted by molar-refractivity contribution is 0.180. The maximum Gasteiger partial charge on any atom is 0.246 e. The van der Waals surface area contributed by atoms with Crippen LogP contribution in [-0.2, 0) is 10.3 Å². The minimum Gasteiger partial charge on any atom is -0.381 e. The Labute approximate surface area is 88.0 Å². The second-order valence-electron chi connectivity index (χ2n) is 4.53. The minimum absolute atomic E-state index is 0.297. The summed E-state index contributed by atoms with van der Waals surface area (Å²) < 4.78 is 10.5. The van der Waals surface area contributed by atoms with Gasteiger partial charge in [-0.1, -0.05) is 5.16 Å². The van der Waals surface area contributed by atoms with Gasteiger partial charge in [-0.05, 0) is 25.7 Å². The van der Waals surface area contributed by atoms with Crippen LogP contribution in [0.4, 0.5) is 0 Å². The molecule has 0 amide bonds. The number of nitrogens with zero attached hydrogens (tertiary/aromatic N) is 2. The van der Waals surface area contributed by atoms with Gasteiger partial charge >= 0.3 is 0 Å². The average molecular weight is 209 g/mol. The molecule has 1 aromatic rings. The maximum atomic E-state index is 6.11. The first-order valence-electron chi connectivity index (χ1n) is 5.49. The van der Waals surface area contributed by atoms with E-state index in [1.54, 1.807) is 0 Å². The number of nitrogens with two attached hydrogens (primary N) is 1. The largest absolute Gasteiger partial charge is 0.381 e. The van der Waals surface area contributed by atoms with E-state index in [2.05, 4.69) is 10.1 Å². The van der Waals surface area contributed by atoms with Crippen LogP contribution in [0.15, 0.2) is 4.52 Å². The molecule has 2 fully saturated rings. The van der Waals surface area contributed by atoms with E-state index in [0.717, 1.165) is 38.1 Å². The summed E-state index contributed by atoms with van der Waals surface area (Å²) in [5.41, 5.74) is 5.77. The van der Waals surface area contributed by atoms with Crippen molar-refractivity contribution in [3.05, 3.63) is 11.7 Å². The number of rotatable bonds is 2. The van der Waals surface area contributed by atoms with Gasteiger partial charge in [-0.25, -0.2) is 0 Å². The summed E-state index contributed by atoms with van der Waals surface area (Å²) in [5, 5.41) is 4.00. The number of ether oxygens (including phenoxy) is 1. The lowest BCUT2D eigenvalue weighted by atomic mass is 9.78. The van der Waals surface area contributed by atoms with Crippen LogP contribution in [0.25, 0.3) is 0 Å². The maximum absolute atomic E-state index is 6.11. The lowest BCUT2D eigenvalue weighted by Crippen LogP contribution is -2.43. The molecule has 15 heavy (non-hydrogen) atoms. The van der Waals surface area contributed by atoms with Gasteiger partial charge in [-0.2, -0.15) is 4.98 Å². The van der Waals surface area contributed by atoms with Crippen molar-refractivity contribution in [2.24, 2.45) is 5.73 Å². The van der Waals surface area contributed by atoms with E-state index in [0.29, 0.717) is 18.4 Å². The molecular formula is C10H15N3O2. The van der Waals surface area contributed by atoms with E-state index in [1.165, 1.54) is 0 Å². The van der Waals surface area contributed by atoms with E-state index < -0.39 is 0 Å². The molecule has 1 aliphatic heterocycles. The van der Waals surface area contributed by atoms with Crippen LogP contribution in [0.3, 0.4) is 0 Å². The van der Waals surface area contributed by atoms with Crippen molar-refractivity contribution < 1.29 is 9.26 Å². The molecule has 1 saturated carbocycles. The van der Waals surface area contributed by atoms with Crippen LogP contribution in [-0.4, -0.2) is 23.4 Å². The standard InChI is InChI=1S/C10H15N3O2/c11-10(3-1-4-10)9-12-8(13-15-9)7-2-5-14-6-7/h7H,1-6,11H2. The second kappa shape index (κ2) is 3.28. The molecule has 1 unspecified atom stereocenters. The summed E-state index contributed by atoms with van der Waals surface area (Å²) in [4.78, 5) is 4.40. The molecule has 5 heteroatoms. The normalized spacial score (nSPS) is 29.0. The third-order valence-electron chi connectivity index (χ3n) is 3.41. The zero-order chi connectivity index (χ0) is 10.3. The fourth-order valence-electron chi connectivity index (χ4n) is 2.11. The Morgan fingerprint density at radius 1 is 1.40 bits per heavy atom. The molecule has 0 bridgehead atoms. The molecule has 0 aromatic carbocycles. The van der Waals surface area contributed by atoms with E-state index in [1.807, 2.05) is 0 Å². The molecule has 1 aliphatic carbocycles. The van der Waals surface area contributed by atoms with Gasteiger partial charge in [0.2, 0.25) is 5.89 Å². The monoisotopic (exact) mass is 209 g/mol. The van der Waals surface area contributed by atoms with Gasteiger partial charge in [0.05, 0.1) is 12.1 Å². The Hall–Kier alpha value is -0.940. The molecule has 1 atom stereocenters. The first-order chi connectivity index (χ1) is 7.28. The Morgan fingerprint density at radius 2 is 2.27 bits per heavy atom. The summed E-state index contributed by atoms with van der Waals surface area (Å²) in [6.45, 7) is 1.50. The fourth-order valence-corrected chi connectivity index (χ4v) is 2.11. The van der Waals surface area contributed by atoms with E-state index in [9.17, 15) is 0 Å². The molecule has 2 N–H and O–H groups in total. The Bertz CT molecular complexity index is 353. The van der Waals surface area contributed by atoms with Crippen molar-refractivity contribution in [3.63, 3.8) is 0 Å². The molecule has 0 radical (unpaired) electrons. The first-order valence-corrected chi connectivity index (χ1v) is 5.49. The van der Waals surface area contributed by atoms with E-state index in [4.69, 9.17) is 15.0 Å². The Kier molecular flexibility index (Phi) is 2.03. The van der Waals surface area contributed by atoms with Crippen molar-refractivity contribution in [2.45, 2.75) is 37.1 Å². The minimum atomic E-state index is -0.343. The molecule has 5 nitrogen and oxygen atoms in total. The Balaban J connectivity index is 1.80. The molecule has 3 rings (SSSR count). The van der Waals surface area contributed by atoms with Gasteiger partial charge in [0.1, 0.15) is 0 Å². The average Bonchev–Trinajstić information content (AvgIpc) is 2.84. The fraction of sp³-hybridized carbons (Fsp3) is 0.800. The third-order valence-corrected chi connectivity index (χ3v) is 3.41. The zero-order valence-electron chi connectivity index (χ0n) is 8.61. The van der Waals surface area contributed by atoms with Crippen LogP contribution in [0.2, 0.25) is 0 Å². The van der Waals surface area contributed by atoms with Crippen molar-refractivity contribution in [3.8, 4) is 0 Å². The highest BCUT2D eigenvalue weighted by Gasteiger charge is 2.40. The number of aromatic nitrogens is 2. The molecule has 82 valence electrons. The smallest absolute Gasteiger partial charge is 0.246 e. The summed E-state index contributed by atoms with van der Waals surface area (Å²) in [5.74, 6) is 1.67. The van der Waals surface area contributed by atoms with Crippen LogP contribution >= 0.6 is 0 Å². The van der Waals surface area contributed by atoms with Gasteiger partial charge in [0.25, 0.3) is 0 Å². The highest BCUT2D eigenvalue weighted by molar-refractivity contribution is 5.09. The van der Waals surface area contributed by atoms with Gasteiger partial charge in [0.15, 0.2) is 5.82 Å². The van der Waals surface area contributed by atoms with Crippen molar-refractivity contribution >= 4 is 0 Å². The van der Waals surface area contributed by atoms with Crippen molar-refractivity contribution in [2.75, 3.05) is 13.2 Å². The molecule has 0 spiro atoms. The molecule has 2 heterocycles. The van der Waals surface area contributed by atoms with E-state index >= 15 is 0 Å². The molecule has 1 aromatic heterocycles. The van der Waals surface area contributed by atoms with Crippen molar-refractivity contribution in [1.29, 1.82) is 0 Å². The third kappa shape index (κ3) is 1.46. The molecule has 1 saturated heterocycles. The highest BCUT2D eigenvalue weighted by atomic mass is 16.5. The summed E-state index contributed by atoms with van der Waals surface area (Å²) in [6.07, 6.45) is 4.04. The molecular weight excluding hydrogens is 194 g/mol. The summed E-state index contributed by atoms with van der Waals surface area (Å²) >= 11 is 0. The first kappa shape index (κ1) is 9.30. The Morgan fingerprint density at radius 3 is 2.87 bits per heavy atom. The van der Waals surface area contributed by atoms with Gasteiger partial charge in [0, 0.05) is 12.5 Å². The van der Waals surface area contributed by atoms with Crippen molar-refractivity contribution in [1.82, 2.24) is 10.1 Å². The SMILES string of the molecule is NC1(c2nc(C3CCOC3)no2)CCC1. The van der Waals surface area contributed by atoms with Gasteiger partial charge < -0.3 is 15.0 Å². The van der Waals surface area contributed by atoms with Crippen LogP contribution in [0.5, 0.6) is 0 Å². The summed E-state index contributed by atoms with van der Waals surface area (Å²) in [7, 11) is 0. The molecule has 2 aliphatic rings. The van der Waals surface area contributed by atoms with Crippen LogP contribution in [0.1, 0.15) is 43.3 Å². The highest BCUT2D eigenvalue weighted by Crippen LogP contribution is 2.38. The van der Waals surface area contributed by atoms with Gasteiger partial charge in [-0.15, -0.1) is 0 Å². The second-order valence-corrected chi connectivity index (χ2v) is 4.53. The zero-order valence-corrected chi connectivity index (χ0v) is 8.61. The summed E-state index contributed by atoms with van der Waals surface area (Å²) in [6, 6.07) is 0. The van der Waals surface area contributed by atoms with Crippen LogP contribution in [0, 0.1) is 0 Å². The topological polar surface area (TPSA) is 74.2 Å². The van der Waals surface area contributed by atoms with Gasteiger partial charge in [-0.3, -0.25) is 0 Å². The number of hydrogen-bond acceptors (Lipinski definition) is 5. The van der Waals surface area contributed by atoms with Crippen LogP contribution < -0.4 is 5.73 Å². The van der Waals surface area contributed by atoms with E-state index in [-0.39, 0.29) is 5.54 Å². The lowest BCUT2D eigenvalue weighted by Gasteiger charge is -2.33. The predicted molar refractivity (Wildman–Crippen MR) is 52.2 cm³/mol. The quantitative estimate of drug-likeness (QED) is 0.783.